The second-order valence-electron chi connectivity index (χ2n) is 5.84. The van der Waals surface area contributed by atoms with Gasteiger partial charge in [0.1, 0.15) is 5.75 Å². The van der Waals surface area contributed by atoms with E-state index in [-0.39, 0.29) is 6.61 Å². The van der Waals surface area contributed by atoms with Gasteiger partial charge in [0.15, 0.2) is 12.4 Å². The summed E-state index contributed by atoms with van der Waals surface area (Å²) in [4.78, 5) is 18.2. The second-order valence-corrected chi connectivity index (χ2v) is 7.71. The topological polar surface area (TPSA) is 82.2 Å². The zero-order chi connectivity index (χ0) is 20.2. The number of aromatic nitrogens is 3. The molecule has 0 bridgehead atoms. The normalized spacial score (nSPS) is 10.8. The summed E-state index contributed by atoms with van der Waals surface area (Å²) < 4.78 is 12.0. The molecule has 0 unspecified atom stereocenters. The van der Waals surface area contributed by atoms with E-state index in [1.165, 1.54) is 6.26 Å². The van der Waals surface area contributed by atoms with E-state index in [1.807, 2.05) is 17.5 Å². The minimum atomic E-state index is -0.421. The molecule has 0 aliphatic carbocycles. The highest BCUT2D eigenvalue weighted by Crippen LogP contribution is 2.27. The zero-order valence-corrected chi connectivity index (χ0v) is 17.2. The van der Waals surface area contributed by atoms with Gasteiger partial charge >= 0.3 is 0 Å². The molecule has 0 saturated carbocycles. The van der Waals surface area contributed by atoms with Crippen LogP contribution in [0.3, 0.4) is 0 Å². The lowest BCUT2D eigenvalue weighted by Gasteiger charge is -2.09. The molecular formula is C19H14Cl2N4O3S. The predicted molar refractivity (Wildman–Crippen MR) is 112 cm³/mol. The van der Waals surface area contributed by atoms with Crippen LogP contribution in [0.5, 0.6) is 5.75 Å². The van der Waals surface area contributed by atoms with E-state index in [0.29, 0.717) is 39.9 Å². The molecule has 0 aliphatic heterocycles. The van der Waals surface area contributed by atoms with Gasteiger partial charge in [-0.1, -0.05) is 29.3 Å². The number of anilines is 1. The van der Waals surface area contributed by atoms with E-state index < -0.39 is 5.91 Å². The van der Waals surface area contributed by atoms with Crippen molar-refractivity contribution in [2.45, 2.75) is 6.54 Å². The van der Waals surface area contributed by atoms with Gasteiger partial charge in [-0.2, -0.15) is 9.67 Å². The van der Waals surface area contributed by atoms with Crippen molar-refractivity contribution in [1.82, 2.24) is 14.8 Å². The van der Waals surface area contributed by atoms with Crippen LogP contribution in [-0.4, -0.2) is 27.3 Å². The molecule has 0 atom stereocenters. The fourth-order valence-corrected chi connectivity index (χ4v) is 3.59. The maximum absolute atomic E-state index is 12.8. The number of carbonyl (C=O) groups is 1. The highest BCUT2D eigenvalue weighted by molar-refractivity contribution is 7.09. The average molecular weight is 449 g/mol. The molecule has 0 saturated heterocycles. The van der Waals surface area contributed by atoms with Crippen LogP contribution >= 0.6 is 34.5 Å². The van der Waals surface area contributed by atoms with E-state index in [4.69, 9.17) is 32.4 Å². The molecule has 0 spiro atoms. The lowest BCUT2D eigenvalue weighted by molar-refractivity contribution is 0.0824. The van der Waals surface area contributed by atoms with Gasteiger partial charge < -0.3 is 14.5 Å². The monoisotopic (exact) mass is 448 g/mol. The maximum Gasteiger partial charge on any atom is 0.287 e. The minimum absolute atomic E-state index is 0.282. The third-order valence-electron chi connectivity index (χ3n) is 3.83. The van der Waals surface area contributed by atoms with E-state index in [2.05, 4.69) is 15.4 Å². The summed E-state index contributed by atoms with van der Waals surface area (Å²) in [7, 11) is 0. The Kier molecular flexibility index (Phi) is 5.84. The molecule has 0 aliphatic rings. The number of benzene rings is 1. The largest absolute Gasteiger partial charge is 0.482 e. The van der Waals surface area contributed by atoms with Crippen LogP contribution in [0.2, 0.25) is 10.0 Å². The quantitative estimate of drug-likeness (QED) is 0.416. The summed E-state index contributed by atoms with van der Waals surface area (Å²) in [5.41, 5.74) is 0. The third-order valence-corrected chi connectivity index (χ3v) is 5.24. The Morgan fingerprint density at radius 1 is 1.24 bits per heavy atom. The van der Waals surface area contributed by atoms with Crippen molar-refractivity contribution in [2.24, 2.45) is 0 Å². The minimum Gasteiger partial charge on any atom is -0.482 e. The summed E-state index contributed by atoms with van der Waals surface area (Å²) in [6, 6.07) is 12.2. The van der Waals surface area contributed by atoms with Gasteiger partial charge in [-0.3, -0.25) is 4.79 Å². The Balaban J connectivity index is 1.54. The SMILES string of the molecule is O=C(COc1ccc(Cl)cc1Cl)n1nc(-c2ccco2)nc1NCc1cccs1. The molecule has 3 aromatic heterocycles. The zero-order valence-electron chi connectivity index (χ0n) is 14.8. The van der Waals surface area contributed by atoms with Crippen molar-refractivity contribution in [3.05, 3.63) is 69.0 Å². The van der Waals surface area contributed by atoms with Crippen LogP contribution in [0.1, 0.15) is 9.67 Å². The molecule has 0 amide bonds. The predicted octanol–water partition coefficient (Wildman–Crippen LogP) is 5.24. The number of furan rings is 1. The molecule has 1 aromatic carbocycles. The van der Waals surface area contributed by atoms with Gasteiger partial charge in [-0.15, -0.1) is 16.4 Å². The van der Waals surface area contributed by atoms with Gasteiger partial charge in [0, 0.05) is 9.90 Å². The van der Waals surface area contributed by atoms with Crippen LogP contribution in [0.15, 0.2) is 58.5 Å². The van der Waals surface area contributed by atoms with Crippen LogP contribution in [0.25, 0.3) is 11.6 Å². The summed E-state index contributed by atoms with van der Waals surface area (Å²) in [5.74, 6) is 0.971. The molecule has 4 aromatic rings. The molecule has 0 fully saturated rings. The first kappa shape index (κ1) is 19.5. The molecule has 0 radical (unpaired) electrons. The van der Waals surface area contributed by atoms with Gasteiger partial charge in [0.05, 0.1) is 17.8 Å². The van der Waals surface area contributed by atoms with Gasteiger partial charge in [-0.05, 0) is 41.8 Å². The van der Waals surface area contributed by atoms with E-state index in [1.54, 1.807) is 41.7 Å². The second kappa shape index (κ2) is 8.69. The molecule has 1 N–H and O–H groups in total. The summed E-state index contributed by atoms with van der Waals surface area (Å²) in [6.45, 7) is 0.223. The number of nitrogens with one attached hydrogen (secondary N) is 1. The number of ether oxygens (including phenoxy) is 1. The van der Waals surface area contributed by atoms with Gasteiger partial charge in [0.2, 0.25) is 11.8 Å². The molecule has 3 heterocycles. The van der Waals surface area contributed by atoms with Crippen LogP contribution < -0.4 is 10.1 Å². The van der Waals surface area contributed by atoms with Crippen molar-refractivity contribution < 1.29 is 13.9 Å². The Hall–Kier alpha value is -2.81. The first-order valence-electron chi connectivity index (χ1n) is 8.48. The number of thiophene rings is 1. The number of hydrogen-bond acceptors (Lipinski definition) is 7. The molecule has 148 valence electrons. The Bertz CT molecular complexity index is 1110. The number of rotatable bonds is 7. The Morgan fingerprint density at radius 3 is 2.86 bits per heavy atom. The fourth-order valence-electron chi connectivity index (χ4n) is 2.48. The van der Waals surface area contributed by atoms with Crippen molar-refractivity contribution in [3.63, 3.8) is 0 Å². The standard InChI is InChI=1S/C19H14Cl2N4O3S/c20-12-5-6-15(14(21)9-12)28-11-17(26)25-19(22-10-13-3-2-8-29-13)23-18(24-25)16-4-1-7-27-16/h1-9H,10-11H2,(H,22,23,24). The van der Waals surface area contributed by atoms with Crippen LogP contribution in [0, 0.1) is 0 Å². The fraction of sp³-hybridized carbons (Fsp3) is 0.105. The molecule has 29 heavy (non-hydrogen) atoms. The first-order valence-corrected chi connectivity index (χ1v) is 10.1. The molecule has 10 heteroatoms. The Labute approximate surface area is 179 Å². The Morgan fingerprint density at radius 2 is 2.14 bits per heavy atom. The van der Waals surface area contributed by atoms with Crippen molar-refractivity contribution in [3.8, 4) is 17.3 Å². The van der Waals surface area contributed by atoms with E-state index >= 15 is 0 Å². The number of nitrogens with zero attached hydrogens (tertiary/aromatic N) is 3. The lowest BCUT2D eigenvalue weighted by Crippen LogP contribution is -2.22. The summed E-state index contributed by atoms with van der Waals surface area (Å²) >= 11 is 13.6. The first-order chi connectivity index (χ1) is 14.1. The molecule has 7 nitrogen and oxygen atoms in total. The maximum atomic E-state index is 12.8. The number of halogens is 2. The van der Waals surface area contributed by atoms with Crippen molar-refractivity contribution in [1.29, 1.82) is 0 Å². The van der Waals surface area contributed by atoms with Crippen molar-refractivity contribution >= 4 is 46.4 Å². The summed E-state index contributed by atoms with van der Waals surface area (Å²) in [5, 5.41) is 10.2. The van der Waals surface area contributed by atoms with Gasteiger partial charge in [0.25, 0.3) is 5.91 Å². The average Bonchev–Trinajstić information content (AvgIpc) is 3.46. The molecular weight excluding hydrogens is 435 g/mol. The summed E-state index contributed by atoms with van der Waals surface area (Å²) in [6.07, 6.45) is 1.52. The smallest absolute Gasteiger partial charge is 0.287 e. The van der Waals surface area contributed by atoms with Gasteiger partial charge in [-0.25, -0.2) is 0 Å². The van der Waals surface area contributed by atoms with E-state index in [0.717, 1.165) is 9.56 Å². The highest BCUT2D eigenvalue weighted by Gasteiger charge is 2.19. The van der Waals surface area contributed by atoms with Crippen molar-refractivity contribution in [2.75, 3.05) is 11.9 Å². The molecule has 4 rings (SSSR count). The lowest BCUT2D eigenvalue weighted by atomic mass is 10.3. The number of carbonyl (C=O) groups excluding carboxylic acids is 1. The third kappa shape index (κ3) is 4.61. The van der Waals surface area contributed by atoms with E-state index in [9.17, 15) is 4.79 Å². The van der Waals surface area contributed by atoms with Crippen LogP contribution in [-0.2, 0) is 6.54 Å². The van der Waals surface area contributed by atoms with Crippen LogP contribution in [0.4, 0.5) is 5.95 Å². The highest BCUT2D eigenvalue weighted by atomic mass is 35.5. The number of hydrogen-bond donors (Lipinski definition) is 1.